The Balaban J connectivity index is 1.34. The molecule has 0 aliphatic carbocycles. The number of hydrogen-bond acceptors (Lipinski definition) is 3. The number of fused-ring (bicyclic) bond motifs is 1. The molecule has 5 heteroatoms. The molecule has 128 valence electrons. The fraction of sp³-hybridized carbons (Fsp3) is 0.300. The van der Waals surface area contributed by atoms with Crippen molar-refractivity contribution >= 4 is 16.8 Å². The second-order valence-corrected chi connectivity index (χ2v) is 6.65. The first kappa shape index (κ1) is 15.8. The van der Waals surface area contributed by atoms with Gasteiger partial charge in [-0.1, -0.05) is 42.5 Å². The van der Waals surface area contributed by atoms with Crippen molar-refractivity contribution in [1.29, 1.82) is 0 Å². The average Bonchev–Trinajstić information content (AvgIpc) is 3.13. The normalized spacial score (nSPS) is 16.2. The number of amides is 1. The van der Waals surface area contributed by atoms with Gasteiger partial charge in [-0.25, -0.2) is 0 Å². The third kappa shape index (κ3) is 3.56. The summed E-state index contributed by atoms with van der Waals surface area (Å²) in [6, 6.07) is 16.5. The highest BCUT2D eigenvalue weighted by atomic mass is 16.1. The summed E-state index contributed by atoms with van der Waals surface area (Å²) >= 11 is 0. The van der Waals surface area contributed by atoms with Crippen LogP contribution in [0.15, 0.2) is 54.7 Å². The number of piperidine rings is 1. The van der Waals surface area contributed by atoms with Crippen LogP contribution in [0.3, 0.4) is 0 Å². The van der Waals surface area contributed by atoms with Gasteiger partial charge in [-0.3, -0.25) is 14.8 Å². The van der Waals surface area contributed by atoms with Crippen LogP contribution >= 0.6 is 0 Å². The lowest BCUT2D eigenvalue weighted by molar-refractivity contribution is 0.0910. The highest BCUT2D eigenvalue weighted by Crippen LogP contribution is 2.18. The first-order valence-electron chi connectivity index (χ1n) is 8.79. The van der Waals surface area contributed by atoms with Gasteiger partial charge < -0.3 is 5.32 Å². The Hall–Kier alpha value is -2.66. The summed E-state index contributed by atoms with van der Waals surface area (Å²) in [7, 11) is 0. The van der Waals surface area contributed by atoms with E-state index in [4.69, 9.17) is 0 Å². The van der Waals surface area contributed by atoms with Crippen molar-refractivity contribution in [2.75, 3.05) is 13.1 Å². The van der Waals surface area contributed by atoms with Crippen LogP contribution in [0, 0.1) is 0 Å². The summed E-state index contributed by atoms with van der Waals surface area (Å²) in [5, 5.41) is 11.1. The second-order valence-electron chi connectivity index (χ2n) is 6.65. The number of benzene rings is 2. The third-order valence-corrected chi connectivity index (χ3v) is 4.89. The molecule has 0 unspecified atom stereocenters. The minimum atomic E-state index is -0.0173. The van der Waals surface area contributed by atoms with Crippen molar-refractivity contribution in [2.24, 2.45) is 0 Å². The number of nitrogens with one attached hydrogen (secondary N) is 2. The Morgan fingerprint density at radius 3 is 2.72 bits per heavy atom. The van der Waals surface area contributed by atoms with E-state index in [1.807, 2.05) is 24.3 Å². The van der Waals surface area contributed by atoms with E-state index in [-0.39, 0.29) is 11.9 Å². The number of H-pyrrole nitrogens is 1. The molecule has 1 aromatic heterocycles. The van der Waals surface area contributed by atoms with E-state index in [2.05, 4.69) is 44.7 Å². The summed E-state index contributed by atoms with van der Waals surface area (Å²) < 4.78 is 0. The molecule has 1 aliphatic rings. The van der Waals surface area contributed by atoms with Crippen molar-refractivity contribution in [3.8, 4) is 0 Å². The molecule has 0 atom stereocenters. The van der Waals surface area contributed by atoms with Crippen LogP contribution in [-0.4, -0.2) is 40.1 Å². The van der Waals surface area contributed by atoms with Crippen LogP contribution in [0.1, 0.15) is 28.8 Å². The van der Waals surface area contributed by atoms with Gasteiger partial charge in [0.15, 0.2) is 0 Å². The lowest BCUT2D eigenvalue weighted by Gasteiger charge is -2.32. The van der Waals surface area contributed by atoms with Gasteiger partial charge in [0, 0.05) is 31.1 Å². The average molecular weight is 334 g/mol. The zero-order chi connectivity index (χ0) is 17.1. The van der Waals surface area contributed by atoms with Crippen LogP contribution in [-0.2, 0) is 6.54 Å². The lowest BCUT2D eigenvalue weighted by Crippen LogP contribution is -2.44. The van der Waals surface area contributed by atoms with Crippen LogP contribution in [0.2, 0.25) is 0 Å². The maximum atomic E-state index is 12.6. The number of aromatic nitrogens is 2. The predicted molar refractivity (Wildman–Crippen MR) is 98.3 cm³/mol. The molecule has 1 aliphatic heterocycles. The van der Waals surface area contributed by atoms with E-state index >= 15 is 0 Å². The smallest absolute Gasteiger partial charge is 0.253 e. The second kappa shape index (κ2) is 7.07. The highest BCUT2D eigenvalue weighted by Gasteiger charge is 2.22. The zero-order valence-corrected chi connectivity index (χ0v) is 14.1. The van der Waals surface area contributed by atoms with Crippen LogP contribution in [0.25, 0.3) is 10.9 Å². The monoisotopic (exact) mass is 334 g/mol. The molecule has 2 heterocycles. The maximum Gasteiger partial charge on any atom is 0.253 e. The van der Waals surface area contributed by atoms with Gasteiger partial charge in [0.05, 0.1) is 17.3 Å². The van der Waals surface area contributed by atoms with Gasteiger partial charge in [-0.2, -0.15) is 5.10 Å². The molecule has 0 radical (unpaired) electrons. The standard InChI is InChI=1S/C20H22N4O/c25-20(18-8-4-7-16-13-21-23-19(16)18)22-17-9-11-24(12-10-17)14-15-5-2-1-3-6-15/h1-8,13,17H,9-12,14H2,(H,21,23)(H,22,25). The predicted octanol–water partition coefficient (Wildman–Crippen LogP) is 2.96. The molecular formula is C20H22N4O. The molecule has 1 amide bonds. The van der Waals surface area contributed by atoms with Crippen molar-refractivity contribution in [3.05, 3.63) is 65.9 Å². The molecule has 4 rings (SSSR count). The highest BCUT2D eigenvalue weighted by molar-refractivity contribution is 6.05. The molecule has 0 spiro atoms. The van der Waals surface area contributed by atoms with E-state index in [9.17, 15) is 4.79 Å². The topological polar surface area (TPSA) is 61.0 Å². The van der Waals surface area contributed by atoms with Crippen LogP contribution in [0.4, 0.5) is 0 Å². The Morgan fingerprint density at radius 1 is 1.12 bits per heavy atom. The van der Waals surface area contributed by atoms with Crippen LogP contribution < -0.4 is 5.32 Å². The van der Waals surface area contributed by atoms with Gasteiger partial charge in [-0.15, -0.1) is 0 Å². The Kier molecular flexibility index (Phi) is 4.48. The molecule has 3 aromatic rings. The van der Waals surface area contributed by atoms with Gasteiger partial charge in [-0.05, 0) is 24.5 Å². The van der Waals surface area contributed by atoms with E-state index in [0.29, 0.717) is 5.56 Å². The van der Waals surface area contributed by atoms with Gasteiger partial charge in [0.2, 0.25) is 0 Å². The van der Waals surface area contributed by atoms with E-state index in [1.165, 1.54) is 5.56 Å². The summed E-state index contributed by atoms with van der Waals surface area (Å²) in [5.41, 5.74) is 2.82. The van der Waals surface area contributed by atoms with E-state index in [1.54, 1.807) is 6.20 Å². The van der Waals surface area contributed by atoms with Crippen molar-refractivity contribution in [1.82, 2.24) is 20.4 Å². The number of carbonyl (C=O) groups is 1. The number of aromatic amines is 1. The Labute approximate surface area is 147 Å². The van der Waals surface area contributed by atoms with Crippen molar-refractivity contribution in [3.63, 3.8) is 0 Å². The fourth-order valence-corrected chi connectivity index (χ4v) is 3.50. The summed E-state index contributed by atoms with van der Waals surface area (Å²) in [4.78, 5) is 15.1. The van der Waals surface area contributed by atoms with Gasteiger partial charge in [0.1, 0.15) is 0 Å². The van der Waals surface area contributed by atoms with E-state index in [0.717, 1.165) is 43.4 Å². The van der Waals surface area contributed by atoms with E-state index < -0.39 is 0 Å². The first-order valence-corrected chi connectivity index (χ1v) is 8.79. The molecular weight excluding hydrogens is 312 g/mol. The SMILES string of the molecule is O=C(NC1CCN(Cc2ccccc2)CC1)c1cccc2cn[nH]c12. The zero-order valence-electron chi connectivity index (χ0n) is 14.1. The number of likely N-dealkylation sites (tertiary alicyclic amines) is 1. The first-order chi connectivity index (χ1) is 12.3. The summed E-state index contributed by atoms with van der Waals surface area (Å²) in [6.45, 7) is 3.00. The molecule has 2 aromatic carbocycles. The quantitative estimate of drug-likeness (QED) is 0.771. The van der Waals surface area contributed by atoms with Gasteiger partial charge in [0.25, 0.3) is 5.91 Å². The van der Waals surface area contributed by atoms with Crippen molar-refractivity contribution in [2.45, 2.75) is 25.4 Å². The molecule has 1 fully saturated rings. The number of rotatable bonds is 4. The molecule has 5 nitrogen and oxygen atoms in total. The molecule has 2 N–H and O–H groups in total. The number of nitrogens with zero attached hydrogens (tertiary/aromatic N) is 2. The summed E-state index contributed by atoms with van der Waals surface area (Å²) in [5.74, 6) is -0.0173. The Bertz CT molecular complexity index is 850. The minimum absolute atomic E-state index is 0.0173. The Morgan fingerprint density at radius 2 is 1.92 bits per heavy atom. The molecule has 0 bridgehead atoms. The van der Waals surface area contributed by atoms with Gasteiger partial charge >= 0.3 is 0 Å². The number of para-hydroxylation sites is 1. The third-order valence-electron chi connectivity index (χ3n) is 4.89. The largest absolute Gasteiger partial charge is 0.349 e. The van der Waals surface area contributed by atoms with Crippen LogP contribution in [0.5, 0.6) is 0 Å². The lowest BCUT2D eigenvalue weighted by atomic mass is 10.0. The molecule has 0 saturated carbocycles. The van der Waals surface area contributed by atoms with Crippen molar-refractivity contribution < 1.29 is 4.79 Å². The maximum absolute atomic E-state index is 12.6. The molecule has 1 saturated heterocycles. The number of carbonyl (C=O) groups excluding carboxylic acids is 1. The number of hydrogen-bond donors (Lipinski definition) is 2. The minimum Gasteiger partial charge on any atom is -0.349 e. The molecule has 25 heavy (non-hydrogen) atoms. The fourth-order valence-electron chi connectivity index (χ4n) is 3.50. The summed E-state index contributed by atoms with van der Waals surface area (Å²) in [6.07, 6.45) is 3.71.